The van der Waals surface area contributed by atoms with Gasteiger partial charge in [0.15, 0.2) is 0 Å². The normalized spacial score (nSPS) is 38.4. The molecule has 1 rings (SSSR count). The minimum absolute atomic E-state index is 0.0905. The van der Waals surface area contributed by atoms with Crippen LogP contribution in [0.15, 0.2) is 0 Å². The number of hydrogen-bond donors (Lipinski definition) is 1. The standard InChI is InChI=1S/C13H26O/c1-9-8-13(5,6)11(7-10(9)14)12(2,3)4/h9-11,14H,7-8H2,1-6H3. The summed E-state index contributed by atoms with van der Waals surface area (Å²) in [5.41, 5.74) is 0.682. The first kappa shape index (κ1) is 12.0. The van der Waals surface area contributed by atoms with Gasteiger partial charge in [0.2, 0.25) is 0 Å². The number of aliphatic hydroxyl groups is 1. The summed E-state index contributed by atoms with van der Waals surface area (Å²) in [4.78, 5) is 0. The molecule has 1 fully saturated rings. The SMILES string of the molecule is CC1CC(C)(C)C(C(C)(C)C)CC1O. The molecule has 1 heteroatoms. The van der Waals surface area contributed by atoms with Crippen molar-refractivity contribution in [3.8, 4) is 0 Å². The Morgan fingerprint density at radius 2 is 1.71 bits per heavy atom. The van der Waals surface area contributed by atoms with E-state index in [2.05, 4.69) is 41.5 Å². The van der Waals surface area contributed by atoms with Crippen LogP contribution in [0, 0.1) is 22.7 Å². The Balaban J connectivity index is 2.85. The second kappa shape index (κ2) is 3.52. The summed E-state index contributed by atoms with van der Waals surface area (Å²) in [6, 6.07) is 0. The lowest BCUT2D eigenvalue weighted by atomic mass is 9.56. The Labute approximate surface area is 88.9 Å². The summed E-state index contributed by atoms with van der Waals surface area (Å²) in [6.07, 6.45) is 2.03. The average molecular weight is 198 g/mol. The van der Waals surface area contributed by atoms with Crippen LogP contribution in [-0.4, -0.2) is 11.2 Å². The van der Waals surface area contributed by atoms with E-state index in [0.717, 1.165) is 12.8 Å². The van der Waals surface area contributed by atoms with Gasteiger partial charge in [0, 0.05) is 0 Å². The third kappa shape index (κ3) is 2.31. The molecule has 0 aliphatic heterocycles. The van der Waals surface area contributed by atoms with Crippen LogP contribution in [-0.2, 0) is 0 Å². The first-order chi connectivity index (χ1) is 6.14. The molecule has 1 saturated carbocycles. The van der Waals surface area contributed by atoms with Crippen LogP contribution in [0.4, 0.5) is 0 Å². The van der Waals surface area contributed by atoms with Crippen LogP contribution in [0.2, 0.25) is 0 Å². The molecule has 0 aromatic heterocycles. The van der Waals surface area contributed by atoms with Crippen molar-refractivity contribution in [3.05, 3.63) is 0 Å². The summed E-state index contributed by atoms with van der Waals surface area (Å²) in [6.45, 7) is 13.8. The van der Waals surface area contributed by atoms with Crippen LogP contribution in [0.25, 0.3) is 0 Å². The van der Waals surface area contributed by atoms with Crippen molar-refractivity contribution >= 4 is 0 Å². The Morgan fingerprint density at radius 3 is 2.14 bits per heavy atom. The third-order valence-corrected chi connectivity index (χ3v) is 3.97. The summed E-state index contributed by atoms with van der Waals surface area (Å²) >= 11 is 0. The Kier molecular flexibility index (Phi) is 3.02. The minimum Gasteiger partial charge on any atom is -0.393 e. The lowest BCUT2D eigenvalue weighted by Gasteiger charge is -2.50. The van der Waals surface area contributed by atoms with E-state index in [0.29, 0.717) is 22.7 Å². The molecule has 0 spiro atoms. The van der Waals surface area contributed by atoms with E-state index in [1.54, 1.807) is 0 Å². The first-order valence-corrected chi connectivity index (χ1v) is 5.82. The number of rotatable bonds is 0. The topological polar surface area (TPSA) is 20.2 Å². The molecule has 1 aliphatic rings. The van der Waals surface area contributed by atoms with E-state index in [4.69, 9.17) is 0 Å². The fraction of sp³-hybridized carbons (Fsp3) is 1.00. The third-order valence-electron chi connectivity index (χ3n) is 3.97. The van der Waals surface area contributed by atoms with Crippen LogP contribution < -0.4 is 0 Å². The summed E-state index contributed by atoms with van der Waals surface area (Å²) in [7, 11) is 0. The van der Waals surface area contributed by atoms with Gasteiger partial charge in [-0.1, -0.05) is 41.5 Å². The molecule has 1 N–H and O–H groups in total. The van der Waals surface area contributed by atoms with Gasteiger partial charge < -0.3 is 5.11 Å². The van der Waals surface area contributed by atoms with Gasteiger partial charge in [-0.25, -0.2) is 0 Å². The van der Waals surface area contributed by atoms with E-state index >= 15 is 0 Å². The van der Waals surface area contributed by atoms with Crippen molar-refractivity contribution in [2.75, 3.05) is 0 Å². The highest BCUT2D eigenvalue weighted by Gasteiger charge is 2.44. The zero-order valence-electron chi connectivity index (χ0n) is 10.6. The van der Waals surface area contributed by atoms with E-state index < -0.39 is 0 Å². The quantitative estimate of drug-likeness (QED) is 0.632. The molecule has 14 heavy (non-hydrogen) atoms. The van der Waals surface area contributed by atoms with Crippen LogP contribution in [0.5, 0.6) is 0 Å². The molecule has 0 bridgehead atoms. The van der Waals surface area contributed by atoms with Gasteiger partial charge in [-0.2, -0.15) is 0 Å². The van der Waals surface area contributed by atoms with Gasteiger partial charge in [-0.15, -0.1) is 0 Å². The largest absolute Gasteiger partial charge is 0.393 e. The summed E-state index contributed by atoms with van der Waals surface area (Å²) < 4.78 is 0. The maximum absolute atomic E-state index is 9.94. The molecule has 3 atom stereocenters. The Morgan fingerprint density at radius 1 is 1.21 bits per heavy atom. The molecule has 0 aromatic carbocycles. The molecule has 0 saturated heterocycles. The zero-order valence-corrected chi connectivity index (χ0v) is 10.6. The lowest BCUT2D eigenvalue weighted by molar-refractivity contribution is -0.0553. The molecular formula is C13H26O. The molecular weight excluding hydrogens is 172 g/mol. The molecule has 0 amide bonds. The Hall–Kier alpha value is -0.0400. The van der Waals surface area contributed by atoms with Crippen LogP contribution in [0.3, 0.4) is 0 Å². The zero-order chi connectivity index (χ0) is 11.1. The van der Waals surface area contributed by atoms with Crippen molar-refractivity contribution in [2.24, 2.45) is 22.7 Å². The number of hydrogen-bond acceptors (Lipinski definition) is 1. The Bertz CT molecular complexity index is 200. The fourth-order valence-corrected chi connectivity index (χ4v) is 3.43. The van der Waals surface area contributed by atoms with Crippen molar-refractivity contribution in [2.45, 2.75) is 60.5 Å². The summed E-state index contributed by atoms with van der Waals surface area (Å²) in [5, 5.41) is 9.94. The minimum atomic E-state index is -0.0905. The fourth-order valence-electron chi connectivity index (χ4n) is 3.43. The molecule has 1 nitrogen and oxygen atoms in total. The molecule has 1 aliphatic carbocycles. The van der Waals surface area contributed by atoms with Crippen molar-refractivity contribution < 1.29 is 5.11 Å². The van der Waals surface area contributed by atoms with Crippen LogP contribution in [0.1, 0.15) is 54.4 Å². The molecule has 0 aromatic rings. The van der Waals surface area contributed by atoms with Gasteiger partial charge in [-0.3, -0.25) is 0 Å². The predicted octanol–water partition coefficient (Wildman–Crippen LogP) is 3.47. The average Bonchev–Trinajstić information content (AvgIpc) is 1.93. The predicted molar refractivity (Wildman–Crippen MR) is 61.1 cm³/mol. The highest BCUT2D eigenvalue weighted by molar-refractivity contribution is 4.94. The molecule has 0 radical (unpaired) electrons. The summed E-state index contributed by atoms with van der Waals surface area (Å²) in [5.74, 6) is 1.09. The van der Waals surface area contributed by atoms with E-state index in [9.17, 15) is 5.11 Å². The monoisotopic (exact) mass is 198 g/mol. The van der Waals surface area contributed by atoms with Gasteiger partial charge in [-0.05, 0) is 35.5 Å². The van der Waals surface area contributed by atoms with Gasteiger partial charge in [0.25, 0.3) is 0 Å². The van der Waals surface area contributed by atoms with Crippen molar-refractivity contribution in [1.29, 1.82) is 0 Å². The second-order valence-electron chi connectivity index (χ2n) is 6.89. The lowest BCUT2D eigenvalue weighted by Crippen LogP contribution is -2.44. The van der Waals surface area contributed by atoms with E-state index in [1.807, 2.05) is 0 Å². The number of aliphatic hydroxyl groups excluding tert-OH is 1. The molecule has 84 valence electrons. The first-order valence-electron chi connectivity index (χ1n) is 5.82. The van der Waals surface area contributed by atoms with E-state index in [1.165, 1.54) is 0 Å². The maximum Gasteiger partial charge on any atom is 0.0569 e. The van der Waals surface area contributed by atoms with Gasteiger partial charge in [0.05, 0.1) is 6.10 Å². The van der Waals surface area contributed by atoms with Crippen LogP contribution >= 0.6 is 0 Å². The highest BCUT2D eigenvalue weighted by atomic mass is 16.3. The second-order valence-corrected chi connectivity index (χ2v) is 6.89. The van der Waals surface area contributed by atoms with Crippen molar-refractivity contribution in [1.82, 2.24) is 0 Å². The smallest absolute Gasteiger partial charge is 0.0569 e. The van der Waals surface area contributed by atoms with Gasteiger partial charge in [0.1, 0.15) is 0 Å². The van der Waals surface area contributed by atoms with E-state index in [-0.39, 0.29) is 6.10 Å². The van der Waals surface area contributed by atoms with Crippen molar-refractivity contribution in [3.63, 3.8) is 0 Å². The maximum atomic E-state index is 9.94. The molecule has 0 heterocycles. The molecule has 3 unspecified atom stereocenters. The van der Waals surface area contributed by atoms with Gasteiger partial charge >= 0.3 is 0 Å². The highest BCUT2D eigenvalue weighted by Crippen LogP contribution is 2.50.